The van der Waals surface area contributed by atoms with Gasteiger partial charge in [0.05, 0.1) is 33.8 Å². The van der Waals surface area contributed by atoms with Gasteiger partial charge in [0.25, 0.3) is 5.91 Å². The lowest BCUT2D eigenvalue weighted by atomic mass is 10.2. The molecule has 0 saturated heterocycles. The maximum Gasteiger partial charge on any atom is 0.338 e. The van der Waals surface area contributed by atoms with Crippen molar-refractivity contribution in [3.05, 3.63) is 58.1 Å². The minimum atomic E-state index is -0.709. The monoisotopic (exact) mass is 480 g/mol. The second-order valence-electron chi connectivity index (χ2n) is 6.89. The van der Waals surface area contributed by atoms with E-state index in [1.165, 1.54) is 12.1 Å². The van der Waals surface area contributed by atoms with Crippen molar-refractivity contribution in [3.8, 4) is 0 Å². The maximum absolute atomic E-state index is 12.0. The van der Waals surface area contributed by atoms with Gasteiger partial charge in [-0.05, 0) is 50.2 Å². The summed E-state index contributed by atoms with van der Waals surface area (Å²) in [5.74, 6) is -2.18. The predicted octanol–water partition coefficient (Wildman–Crippen LogP) is 4.46. The average Bonchev–Trinajstić information content (AvgIpc) is 2.74. The molecular formula is C22H22Cl2N2O6. The van der Waals surface area contributed by atoms with Gasteiger partial charge in [-0.1, -0.05) is 29.3 Å². The maximum atomic E-state index is 12.0. The third-order valence-corrected chi connectivity index (χ3v) is 4.71. The van der Waals surface area contributed by atoms with Crippen molar-refractivity contribution in [2.75, 3.05) is 17.2 Å². The molecule has 0 heterocycles. The van der Waals surface area contributed by atoms with Gasteiger partial charge in [-0.25, -0.2) is 4.79 Å². The number of amides is 2. The largest absolute Gasteiger partial charge is 0.459 e. The summed E-state index contributed by atoms with van der Waals surface area (Å²) in [6.45, 7) is 2.97. The number of benzene rings is 2. The van der Waals surface area contributed by atoms with Crippen LogP contribution in [0, 0.1) is 0 Å². The van der Waals surface area contributed by atoms with E-state index in [2.05, 4.69) is 10.6 Å². The number of anilines is 2. The summed E-state index contributed by atoms with van der Waals surface area (Å²) in [4.78, 5) is 47.5. The second-order valence-corrected chi connectivity index (χ2v) is 7.67. The first-order valence-corrected chi connectivity index (χ1v) is 10.4. The van der Waals surface area contributed by atoms with Gasteiger partial charge in [0.1, 0.15) is 0 Å². The molecule has 0 saturated carbocycles. The van der Waals surface area contributed by atoms with Crippen molar-refractivity contribution in [1.82, 2.24) is 0 Å². The number of nitrogens with one attached hydrogen (secondary N) is 2. The predicted molar refractivity (Wildman–Crippen MR) is 121 cm³/mol. The molecule has 0 fully saturated rings. The Bertz CT molecular complexity index is 992. The topological polar surface area (TPSA) is 111 Å². The van der Waals surface area contributed by atoms with Gasteiger partial charge in [0, 0.05) is 12.1 Å². The Morgan fingerprint density at radius 2 is 1.59 bits per heavy atom. The Balaban J connectivity index is 1.72. The van der Waals surface area contributed by atoms with Crippen molar-refractivity contribution >= 4 is 58.3 Å². The Kier molecular flexibility index (Phi) is 9.49. The van der Waals surface area contributed by atoms with Crippen molar-refractivity contribution in [2.24, 2.45) is 0 Å². The molecule has 0 aliphatic rings. The summed E-state index contributed by atoms with van der Waals surface area (Å²) in [6.07, 6.45) is -0.588. The standard InChI is InChI=1S/C22H22Cl2N2O6/c1-13(2)32-22(30)14-6-8-15(9-7-14)25-18(27)10-11-20(29)31-12-19(28)26-17-5-3-4-16(23)21(17)24/h3-9,13H,10-12H2,1-2H3,(H,25,27)(H,26,28). The van der Waals surface area contributed by atoms with Crippen LogP contribution in [0.3, 0.4) is 0 Å². The number of hydrogen-bond donors (Lipinski definition) is 2. The second kappa shape index (κ2) is 12.1. The van der Waals surface area contributed by atoms with E-state index >= 15 is 0 Å². The average molecular weight is 481 g/mol. The lowest BCUT2D eigenvalue weighted by molar-refractivity contribution is -0.147. The number of ether oxygens (including phenoxy) is 2. The number of rotatable bonds is 9. The summed E-state index contributed by atoms with van der Waals surface area (Å²) in [6, 6.07) is 10.9. The van der Waals surface area contributed by atoms with E-state index in [0.717, 1.165) is 0 Å². The van der Waals surface area contributed by atoms with Gasteiger partial charge < -0.3 is 20.1 Å². The number of esters is 2. The number of halogens is 2. The summed E-state index contributed by atoms with van der Waals surface area (Å²) in [5, 5.41) is 5.54. The Morgan fingerprint density at radius 1 is 0.906 bits per heavy atom. The van der Waals surface area contributed by atoms with Crippen LogP contribution in [0.2, 0.25) is 10.0 Å². The fraction of sp³-hybridized carbons (Fsp3) is 0.273. The highest BCUT2D eigenvalue weighted by Gasteiger charge is 2.13. The van der Waals surface area contributed by atoms with Crippen LogP contribution >= 0.6 is 23.2 Å². The van der Waals surface area contributed by atoms with E-state index in [9.17, 15) is 19.2 Å². The Labute approximate surface area is 195 Å². The fourth-order valence-corrected chi connectivity index (χ4v) is 2.76. The molecule has 8 nitrogen and oxygen atoms in total. The molecule has 10 heteroatoms. The zero-order chi connectivity index (χ0) is 23.7. The summed E-state index contributed by atoms with van der Waals surface area (Å²) >= 11 is 11.8. The smallest absolute Gasteiger partial charge is 0.338 e. The number of hydrogen-bond acceptors (Lipinski definition) is 6. The van der Waals surface area contributed by atoms with E-state index < -0.39 is 30.4 Å². The van der Waals surface area contributed by atoms with E-state index in [0.29, 0.717) is 16.9 Å². The molecule has 2 aromatic carbocycles. The van der Waals surface area contributed by atoms with Crippen LogP contribution in [-0.4, -0.2) is 36.5 Å². The molecular weight excluding hydrogens is 459 g/mol. The molecule has 2 amide bonds. The molecule has 2 rings (SSSR count). The first-order chi connectivity index (χ1) is 15.2. The minimum absolute atomic E-state index is 0.141. The van der Waals surface area contributed by atoms with Crippen molar-refractivity contribution in [3.63, 3.8) is 0 Å². The number of carbonyl (C=O) groups excluding carboxylic acids is 4. The lowest BCUT2D eigenvalue weighted by Gasteiger charge is -2.09. The highest BCUT2D eigenvalue weighted by Crippen LogP contribution is 2.29. The zero-order valence-corrected chi connectivity index (χ0v) is 19.0. The number of carbonyl (C=O) groups is 4. The molecule has 0 unspecified atom stereocenters. The highest BCUT2D eigenvalue weighted by atomic mass is 35.5. The summed E-state index contributed by atoms with van der Waals surface area (Å²) in [7, 11) is 0. The van der Waals surface area contributed by atoms with Crippen LogP contribution in [0.1, 0.15) is 37.0 Å². The lowest BCUT2D eigenvalue weighted by Crippen LogP contribution is -2.22. The molecule has 0 aromatic heterocycles. The molecule has 32 heavy (non-hydrogen) atoms. The van der Waals surface area contributed by atoms with Gasteiger partial charge in [0.2, 0.25) is 5.91 Å². The van der Waals surface area contributed by atoms with Gasteiger partial charge in [-0.2, -0.15) is 0 Å². The molecule has 0 atom stereocenters. The SMILES string of the molecule is CC(C)OC(=O)c1ccc(NC(=O)CCC(=O)OCC(=O)Nc2cccc(Cl)c2Cl)cc1. The molecule has 0 aliphatic carbocycles. The fourth-order valence-electron chi connectivity index (χ4n) is 2.42. The first-order valence-electron chi connectivity index (χ1n) is 9.66. The van der Waals surface area contributed by atoms with Crippen LogP contribution in [-0.2, 0) is 23.9 Å². The molecule has 0 aliphatic heterocycles. The summed E-state index contributed by atoms with van der Waals surface area (Å²) in [5.41, 5.74) is 1.11. The van der Waals surface area contributed by atoms with Crippen molar-refractivity contribution < 1.29 is 28.7 Å². The van der Waals surface area contributed by atoms with Gasteiger partial charge in [-0.15, -0.1) is 0 Å². The third-order valence-electron chi connectivity index (χ3n) is 3.89. The van der Waals surface area contributed by atoms with E-state index in [1.54, 1.807) is 44.2 Å². The normalized spacial score (nSPS) is 10.4. The van der Waals surface area contributed by atoms with Gasteiger partial charge in [-0.3, -0.25) is 14.4 Å². The van der Waals surface area contributed by atoms with Gasteiger partial charge in [0.15, 0.2) is 6.61 Å². The quantitative estimate of drug-likeness (QED) is 0.512. The van der Waals surface area contributed by atoms with E-state index in [4.69, 9.17) is 32.7 Å². The first kappa shape index (κ1) is 25.2. The third kappa shape index (κ3) is 8.20. The highest BCUT2D eigenvalue weighted by molar-refractivity contribution is 6.44. The van der Waals surface area contributed by atoms with Crippen LogP contribution in [0.15, 0.2) is 42.5 Å². The van der Waals surface area contributed by atoms with Crippen LogP contribution in [0.5, 0.6) is 0 Å². The van der Waals surface area contributed by atoms with Crippen LogP contribution in [0.25, 0.3) is 0 Å². The van der Waals surface area contributed by atoms with E-state index in [1.807, 2.05) is 0 Å². The molecule has 2 aromatic rings. The van der Waals surface area contributed by atoms with Gasteiger partial charge >= 0.3 is 11.9 Å². The molecule has 2 N–H and O–H groups in total. The van der Waals surface area contributed by atoms with Crippen LogP contribution in [0.4, 0.5) is 11.4 Å². The van der Waals surface area contributed by atoms with Crippen LogP contribution < -0.4 is 10.6 Å². The zero-order valence-electron chi connectivity index (χ0n) is 17.4. The molecule has 170 valence electrons. The minimum Gasteiger partial charge on any atom is -0.459 e. The Hall–Kier alpha value is -3.10. The van der Waals surface area contributed by atoms with E-state index in [-0.39, 0.29) is 29.0 Å². The summed E-state index contributed by atoms with van der Waals surface area (Å²) < 4.78 is 9.95. The Morgan fingerprint density at radius 3 is 2.25 bits per heavy atom. The van der Waals surface area contributed by atoms with Crippen molar-refractivity contribution in [2.45, 2.75) is 32.8 Å². The van der Waals surface area contributed by atoms with Crippen molar-refractivity contribution in [1.29, 1.82) is 0 Å². The molecule has 0 radical (unpaired) electrons. The molecule has 0 bridgehead atoms. The molecule has 0 spiro atoms.